The molecule has 0 aliphatic carbocycles. The van der Waals surface area contributed by atoms with E-state index in [1.807, 2.05) is 91.3 Å². The summed E-state index contributed by atoms with van der Waals surface area (Å²) in [5, 5.41) is 14.1. The van der Waals surface area contributed by atoms with Crippen LogP contribution in [0.1, 0.15) is 0 Å². The second-order valence-electron chi connectivity index (χ2n) is 31.3. The van der Waals surface area contributed by atoms with E-state index in [1.54, 1.807) is 0 Å². The zero-order chi connectivity index (χ0) is 83.4. The van der Waals surface area contributed by atoms with Crippen molar-refractivity contribution in [1.29, 1.82) is 0 Å². The van der Waals surface area contributed by atoms with Crippen LogP contribution in [-0.4, -0.2) is 29.9 Å². The molecule has 3 aliphatic rings. The molecule has 0 saturated carbocycles. The zero-order valence-electron chi connectivity index (χ0n) is 68.2. The van der Waals surface area contributed by atoms with Gasteiger partial charge in [0.2, 0.25) is 11.9 Å². The first kappa shape index (κ1) is 73.9. The van der Waals surface area contributed by atoms with E-state index in [1.165, 1.54) is 32.6 Å². The minimum Gasteiger partial charge on any atom is -0.306 e. The molecule has 0 radical (unpaired) electrons. The van der Waals surface area contributed by atoms with E-state index in [2.05, 4.69) is 404 Å². The third-order valence-corrected chi connectivity index (χ3v) is 24.0. The van der Waals surface area contributed by atoms with Crippen LogP contribution in [0.15, 0.2) is 461 Å². The molecular formula is C114H76N12. The number of pyridine rings is 1. The molecule has 3 aromatic heterocycles. The van der Waals surface area contributed by atoms with Crippen molar-refractivity contribution in [2.45, 2.75) is 0 Å². The lowest BCUT2D eigenvalue weighted by Crippen LogP contribution is -2.26. The van der Waals surface area contributed by atoms with Crippen LogP contribution in [0.3, 0.4) is 0 Å². The molecule has 0 saturated heterocycles. The molecule has 0 N–H and O–H groups in total. The third kappa shape index (κ3) is 13.0. The zero-order valence-corrected chi connectivity index (χ0v) is 68.2. The van der Waals surface area contributed by atoms with Gasteiger partial charge in [-0.3, -0.25) is 14.8 Å². The SMILES string of the molecule is c1ccc(-c2cc(-c3ccccc3)nc(N3c4ccc5ccccc5c4N(c4ccccc4)c4ccc5ccccc5c43)n2)cc1.c1ccc(-c2nc(-c3ccccc3)nc(N3c4ccc5ccccc5c4N(c4ccccc4)c4ccc5ccccc5c43)n2)cc1.c1ccc(N2c3ccc4ccccc4c3N(c3cccnc3)c3ccc4ccccc4c32)cc1. The summed E-state index contributed by atoms with van der Waals surface area (Å²) in [7, 11) is 0. The fourth-order valence-corrected chi connectivity index (χ4v) is 18.3. The highest BCUT2D eigenvalue weighted by Gasteiger charge is 2.39. The van der Waals surface area contributed by atoms with Gasteiger partial charge in [-0.15, -0.1) is 0 Å². The predicted molar refractivity (Wildman–Crippen MR) is 522 cm³/mol. The van der Waals surface area contributed by atoms with E-state index in [4.69, 9.17) is 24.9 Å². The fraction of sp³-hybridized carbons (Fsp3) is 0. The maximum atomic E-state index is 5.33. The highest BCUT2D eigenvalue weighted by atomic mass is 15.4. The van der Waals surface area contributed by atoms with E-state index in [9.17, 15) is 0 Å². The molecule has 3 aliphatic heterocycles. The summed E-state index contributed by atoms with van der Waals surface area (Å²) < 4.78 is 0. The number of para-hydroxylation sites is 3. The summed E-state index contributed by atoms with van der Waals surface area (Å²) in [6.07, 6.45) is 3.78. The van der Waals surface area contributed by atoms with Crippen molar-refractivity contribution in [3.05, 3.63) is 461 Å². The van der Waals surface area contributed by atoms with Gasteiger partial charge in [0.25, 0.3) is 0 Å². The maximum Gasteiger partial charge on any atom is 0.238 e. The first-order chi connectivity index (χ1) is 62.6. The van der Waals surface area contributed by atoms with Gasteiger partial charge >= 0.3 is 0 Å². The average Bonchev–Trinajstić information content (AvgIpc) is 0.714. The maximum absolute atomic E-state index is 5.33. The standard InChI is InChI=1S/C42H28N4.C41H27N5.C31H21N3/c1-4-16-31(17-5-1)36-28-37(32-18-6-2-7-19-32)44-42(43-36)46-39-27-25-29-14-10-12-22-34(29)40(39)45(33-20-8-3-9-21-33)38-26-24-30-15-11-13-23-35(30)41(38)46;1-4-16-30(17-5-1)39-42-40(31-18-6-2-7-19-31)44-41(43-39)46-36-27-25-28-14-10-12-22-33(28)37(36)45(32-20-8-3-9-21-32)35-26-24-29-15-11-13-23-34(29)38(35)46;1-2-11-24(12-3-1)33-28-18-16-23-10-5-7-15-27(23)31(28)34(25-13-8-20-32-21-25)29-19-17-22-9-4-6-14-26(22)30(29)33/h1-28H;1-27H;1-21H. The van der Waals surface area contributed by atoms with Crippen LogP contribution in [0.5, 0.6) is 0 Å². The van der Waals surface area contributed by atoms with E-state index < -0.39 is 0 Å². The Morgan fingerprint density at radius 1 is 0.167 bits per heavy atom. The lowest BCUT2D eigenvalue weighted by atomic mass is 9.97. The Bertz CT molecular complexity index is 7290. The molecule has 0 amide bonds. The summed E-state index contributed by atoms with van der Waals surface area (Å²) >= 11 is 0. The van der Waals surface area contributed by atoms with Crippen molar-refractivity contribution in [2.75, 3.05) is 29.4 Å². The molecule has 0 bridgehead atoms. The van der Waals surface area contributed by atoms with Gasteiger partial charge in [-0.25, -0.2) is 15.0 Å². The number of hydrogen-bond donors (Lipinski definition) is 0. The smallest absolute Gasteiger partial charge is 0.238 e. The first-order valence-electron chi connectivity index (χ1n) is 42.4. The van der Waals surface area contributed by atoms with Crippen molar-refractivity contribution < 1.29 is 0 Å². The highest BCUT2D eigenvalue weighted by molar-refractivity contribution is 6.21. The molecule has 592 valence electrons. The second kappa shape index (κ2) is 31.7. The average molecular weight is 1610 g/mol. The van der Waals surface area contributed by atoms with Crippen LogP contribution in [0, 0.1) is 0 Å². The number of nitrogens with zero attached hydrogens (tertiary/aromatic N) is 12. The summed E-state index contributed by atoms with van der Waals surface area (Å²) in [6.45, 7) is 0. The van der Waals surface area contributed by atoms with Crippen molar-refractivity contribution in [1.82, 2.24) is 29.9 Å². The molecule has 0 fully saturated rings. The van der Waals surface area contributed by atoms with Crippen LogP contribution < -0.4 is 29.4 Å². The fourth-order valence-electron chi connectivity index (χ4n) is 18.3. The van der Waals surface area contributed by atoms with Crippen LogP contribution in [-0.2, 0) is 0 Å². The normalized spacial score (nSPS) is 12.3. The minimum absolute atomic E-state index is 0.564. The molecule has 19 aromatic carbocycles. The Morgan fingerprint density at radius 3 is 0.683 bits per heavy atom. The molecular weight excluding hydrogens is 1540 g/mol. The molecule has 126 heavy (non-hydrogen) atoms. The van der Waals surface area contributed by atoms with Gasteiger partial charge in [-0.05, 0) is 123 Å². The van der Waals surface area contributed by atoms with Crippen molar-refractivity contribution in [3.63, 3.8) is 0 Å². The van der Waals surface area contributed by atoms with Gasteiger partial charge in [0, 0.05) is 77.8 Å². The Kier molecular flexibility index (Phi) is 18.6. The molecule has 0 spiro atoms. The van der Waals surface area contributed by atoms with Gasteiger partial charge < -0.3 is 19.6 Å². The van der Waals surface area contributed by atoms with Crippen LogP contribution in [0.4, 0.5) is 103 Å². The van der Waals surface area contributed by atoms with Crippen molar-refractivity contribution >= 4 is 168 Å². The predicted octanol–water partition coefficient (Wildman–Crippen LogP) is 30.8. The van der Waals surface area contributed by atoms with Gasteiger partial charge in [0.1, 0.15) is 0 Å². The van der Waals surface area contributed by atoms with E-state index in [0.717, 1.165) is 157 Å². The van der Waals surface area contributed by atoms with Gasteiger partial charge in [-0.1, -0.05) is 358 Å². The monoisotopic (exact) mass is 1610 g/mol. The molecule has 12 heteroatoms. The van der Waals surface area contributed by atoms with E-state index >= 15 is 0 Å². The summed E-state index contributed by atoms with van der Waals surface area (Å²) in [5.41, 5.74) is 23.1. The quantitative estimate of drug-likeness (QED) is 0.130. The van der Waals surface area contributed by atoms with E-state index in [-0.39, 0.29) is 0 Å². The second-order valence-corrected chi connectivity index (χ2v) is 31.3. The Labute approximate surface area is 728 Å². The van der Waals surface area contributed by atoms with Gasteiger partial charge in [0.05, 0.1) is 91.5 Å². The Hall–Kier alpha value is -17.2. The van der Waals surface area contributed by atoms with E-state index in [0.29, 0.717) is 23.5 Å². The molecule has 25 rings (SSSR count). The number of rotatable bonds is 10. The minimum atomic E-state index is 0.564. The van der Waals surface area contributed by atoms with Gasteiger partial charge in [0.15, 0.2) is 11.6 Å². The summed E-state index contributed by atoms with van der Waals surface area (Å²) in [6, 6.07) is 157. The van der Waals surface area contributed by atoms with Crippen LogP contribution in [0.25, 0.3) is 110 Å². The summed E-state index contributed by atoms with van der Waals surface area (Å²) in [4.78, 5) is 44.6. The van der Waals surface area contributed by atoms with Crippen LogP contribution >= 0.6 is 0 Å². The van der Waals surface area contributed by atoms with Gasteiger partial charge in [-0.2, -0.15) is 9.97 Å². The lowest BCUT2D eigenvalue weighted by Gasteiger charge is -2.41. The van der Waals surface area contributed by atoms with Crippen molar-refractivity contribution in [3.8, 4) is 45.3 Å². The molecule has 6 heterocycles. The number of benzene rings is 19. The topological polar surface area (TPSA) is 96.8 Å². The first-order valence-corrected chi connectivity index (χ1v) is 42.4. The number of anilines is 18. The number of fused-ring (bicyclic) bond motifs is 18. The molecule has 22 aromatic rings. The number of aromatic nitrogens is 6. The number of hydrogen-bond acceptors (Lipinski definition) is 12. The lowest BCUT2D eigenvalue weighted by molar-refractivity contribution is 1.02. The highest BCUT2D eigenvalue weighted by Crippen LogP contribution is 2.62. The molecule has 0 unspecified atom stereocenters. The largest absolute Gasteiger partial charge is 0.306 e. The van der Waals surface area contributed by atoms with Crippen molar-refractivity contribution in [2.24, 2.45) is 0 Å². The Morgan fingerprint density at radius 2 is 0.397 bits per heavy atom. The molecule has 12 nitrogen and oxygen atoms in total. The third-order valence-electron chi connectivity index (χ3n) is 24.0. The van der Waals surface area contributed by atoms with Crippen LogP contribution in [0.2, 0.25) is 0 Å². The Balaban J connectivity index is 0.000000110. The summed E-state index contributed by atoms with van der Waals surface area (Å²) in [5.74, 6) is 2.44. The molecule has 0 atom stereocenters.